The molecule has 0 bridgehead atoms. The van der Waals surface area contributed by atoms with Gasteiger partial charge in [0.25, 0.3) is 0 Å². The van der Waals surface area contributed by atoms with Crippen molar-refractivity contribution in [2.24, 2.45) is 0 Å². The van der Waals surface area contributed by atoms with Gasteiger partial charge in [-0.05, 0) is 43.0 Å². The number of carbonyl (C=O) groups excluding carboxylic acids is 2. The summed E-state index contributed by atoms with van der Waals surface area (Å²) in [5.41, 5.74) is 3.62. The molecule has 2 saturated heterocycles. The van der Waals surface area contributed by atoms with Crippen LogP contribution in [0, 0.1) is 0 Å². The van der Waals surface area contributed by atoms with E-state index in [2.05, 4.69) is 28.4 Å². The van der Waals surface area contributed by atoms with Crippen LogP contribution >= 0.6 is 0 Å². The van der Waals surface area contributed by atoms with Crippen LogP contribution in [0.1, 0.15) is 30.4 Å². The molecule has 1 aromatic rings. The van der Waals surface area contributed by atoms with E-state index in [0.29, 0.717) is 12.5 Å². The van der Waals surface area contributed by atoms with Gasteiger partial charge in [0.2, 0.25) is 5.91 Å². The second-order valence-corrected chi connectivity index (χ2v) is 7.37. The lowest BCUT2D eigenvalue weighted by atomic mass is 9.98. The molecule has 25 heavy (non-hydrogen) atoms. The Morgan fingerprint density at radius 1 is 1.20 bits per heavy atom. The van der Waals surface area contributed by atoms with E-state index >= 15 is 0 Å². The van der Waals surface area contributed by atoms with E-state index in [0.717, 1.165) is 57.7 Å². The predicted octanol–water partition coefficient (Wildman–Crippen LogP) is 1.59. The number of piperidine rings is 1. The highest BCUT2D eigenvalue weighted by Crippen LogP contribution is 2.28. The SMILES string of the molecule is CN1C(=O)CCc2cc(CN3CCCC(N4CCNC4=O)C3)ccc21. The van der Waals surface area contributed by atoms with Crippen LogP contribution in [0.2, 0.25) is 0 Å². The lowest BCUT2D eigenvalue weighted by Crippen LogP contribution is -2.48. The summed E-state index contributed by atoms with van der Waals surface area (Å²) < 4.78 is 0. The molecule has 3 aliphatic heterocycles. The molecule has 1 unspecified atom stereocenters. The highest BCUT2D eigenvalue weighted by Gasteiger charge is 2.31. The number of hydrogen-bond acceptors (Lipinski definition) is 3. The van der Waals surface area contributed by atoms with Gasteiger partial charge in [-0.3, -0.25) is 9.69 Å². The number of aryl methyl sites for hydroxylation is 1. The number of benzene rings is 1. The molecule has 6 heteroatoms. The first-order valence-electron chi connectivity index (χ1n) is 9.27. The molecular weight excluding hydrogens is 316 g/mol. The van der Waals surface area contributed by atoms with E-state index in [1.807, 2.05) is 11.9 Å². The van der Waals surface area contributed by atoms with Crippen LogP contribution in [0.25, 0.3) is 0 Å². The Morgan fingerprint density at radius 2 is 2.08 bits per heavy atom. The standard InChI is InChI=1S/C19H26N4O2/c1-21-17-6-4-14(11-15(17)5-7-18(21)24)12-22-9-2-3-16(13-22)23-10-8-20-19(23)25/h4,6,11,16H,2-3,5,7-10,12-13H2,1H3,(H,20,25). The van der Waals surface area contributed by atoms with Crippen LogP contribution in [-0.2, 0) is 17.8 Å². The van der Waals surface area contributed by atoms with Crippen molar-refractivity contribution >= 4 is 17.6 Å². The molecule has 3 aliphatic rings. The smallest absolute Gasteiger partial charge is 0.317 e. The van der Waals surface area contributed by atoms with E-state index in [4.69, 9.17) is 0 Å². The molecule has 1 aromatic carbocycles. The number of amides is 3. The number of anilines is 1. The molecule has 4 rings (SSSR count). The first kappa shape index (κ1) is 16.4. The van der Waals surface area contributed by atoms with E-state index in [1.54, 1.807) is 4.90 Å². The van der Waals surface area contributed by atoms with Crippen LogP contribution in [0.5, 0.6) is 0 Å². The van der Waals surface area contributed by atoms with E-state index < -0.39 is 0 Å². The zero-order chi connectivity index (χ0) is 17.4. The number of likely N-dealkylation sites (tertiary alicyclic amines) is 1. The molecule has 3 amide bonds. The molecule has 0 aromatic heterocycles. The van der Waals surface area contributed by atoms with Crippen LogP contribution in [0.3, 0.4) is 0 Å². The maximum atomic E-state index is 11.9. The minimum absolute atomic E-state index is 0.0911. The molecule has 0 radical (unpaired) electrons. The molecule has 1 atom stereocenters. The Hall–Kier alpha value is -2.08. The Balaban J connectivity index is 1.43. The summed E-state index contributed by atoms with van der Waals surface area (Å²) in [4.78, 5) is 30.0. The Labute approximate surface area is 148 Å². The van der Waals surface area contributed by atoms with Crippen molar-refractivity contribution in [3.05, 3.63) is 29.3 Å². The molecule has 0 saturated carbocycles. The van der Waals surface area contributed by atoms with E-state index in [-0.39, 0.29) is 11.9 Å². The van der Waals surface area contributed by atoms with Crippen molar-refractivity contribution in [2.45, 2.75) is 38.3 Å². The number of nitrogens with zero attached hydrogens (tertiary/aromatic N) is 3. The number of carbonyl (C=O) groups is 2. The molecule has 0 spiro atoms. The zero-order valence-corrected chi connectivity index (χ0v) is 14.8. The fraction of sp³-hybridized carbons (Fsp3) is 0.579. The number of hydrogen-bond donors (Lipinski definition) is 1. The first-order chi connectivity index (χ1) is 12.1. The summed E-state index contributed by atoms with van der Waals surface area (Å²) in [6.45, 7) is 4.55. The van der Waals surface area contributed by atoms with Crippen molar-refractivity contribution in [1.82, 2.24) is 15.1 Å². The summed E-state index contributed by atoms with van der Waals surface area (Å²) in [5, 5.41) is 2.91. The summed E-state index contributed by atoms with van der Waals surface area (Å²) in [5.74, 6) is 0.197. The third-order valence-corrected chi connectivity index (χ3v) is 5.70. The highest BCUT2D eigenvalue weighted by atomic mass is 16.2. The average molecular weight is 342 g/mol. The van der Waals surface area contributed by atoms with Crippen molar-refractivity contribution < 1.29 is 9.59 Å². The van der Waals surface area contributed by atoms with Crippen LogP contribution in [0.4, 0.5) is 10.5 Å². The Bertz CT molecular complexity index is 690. The lowest BCUT2D eigenvalue weighted by molar-refractivity contribution is -0.118. The second kappa shape index (κ2) is 6.67. The summed E-state index contributed by atoms with van der Waals surface area (Å²) >= 11 is 0. The molecule has 134 valence electrons. The van der Waals surface area contributed by atoms with E-state index in [9.17, 15) is 9.59 Å². The topological polar surface area (TPSA) is 55.9 Å². The molecule has 6 nitrogen and oxygen atoms in total. The maximum Gasteiger partial charge on any atom is 0.317 e. The monoisotopic (exact) mass is 342 g/mol. The predicted molar refractivity (Wildman–Crippen MR) is 96.6 cm³/mol. The van der Waals surface area contributed by atoms with Gasteiger partial charge in [-0.2, -0.15) is 0 Å². The number of nitrogens with one attached hydrogen (secondary N) is 1. The normalized spacial score (nSPS) is 24.4. The zero-order valence-electron chi connectivity index (χ0n) is 14.8. The first-order valence-corrected chi connectivity index (χ1v) is 9.27. The van der Waals surface area contributed by atoms with Crippen LogP contribution < -0.4 is 10.2 Å². The van der Waals surface area contributed by atoms with Crippen molar-refractivity contribution in [3.8, 4) is 0 Å². The molecular formula is C19H26N4O2. The molecule has 2 fully saturated rings. The summed E-state index contributed by atoms with van der Waals surface area (Å²) in [6, 6.07) is 6.90. The van der Waals surface area contributed by atoms with Crippen molar-refractivity contribution in [2.75, 3.05) is 38.1 Å². The van der Waals surface area contributed by atoms with Crippen molar-refractivity contribution in [3.63, 3.8) is 0 Å². The van der Waals surface area contributed by atoms with Gasteiger partial charge >= 0.3 is 6.03 Å². The molecule has 3 heterocycles. The van der Waals surface area contributed by atoms with Crippen LogP contribution in [0.15, 0.2) is 18.2 Å². The van der Waals surface area contributed by atoms with Crippen LogP contribution in [-0.4, -0.2) is 61.0 Å². The van der Waals surface area contributed by atoms with E-state index in [1.165, 1.54) is 11.1 Å². The highest BCUT2D eigenvalue weighted by molar-refractivity contribution is 5.95. The fourth-order valence-electron chi connectivity index (χ4n) is 4.33. The van der Waals surface area contributed by atoms with Gasteiger partial charge in [0.1, 0.15) is 0 Å². The van der Waals surface area contributed by atoms with Gasteiger partial charge in [-0.1, -0.05) is 12.1 Å². The number of rotatable bonds is 3. The van der Waals surface area contributed by atoms with Crippen molar-refractivity contribution in [1.29, 1.82) is 0 Å². The number of fused-ring (bicyclic) bond motifs is 1. The minimum Gasteiger partial charge on any atom is -0.336 e. The third-order valence-electron chi connectivity index (χ3n) is 5.70. The Kier molecular flexibility index (Phi) is 4.37. The molecule has 1 N–H and O–H groups in total. The van der Waals surface area contributed by atoms with Gasteiger partial charge < -0.3 is 15.1 Å². The van der Waals surface area contributed by atoms with Gasteiger partial charge in [0.15, 0.2) is 0 Å². The Morgan fingerprint density at radius 3 is 2.88 bits per heavy atom. The second-order valence-electron chi connectivity index (χ2n) is 7.37. The van der Waals surface area contributed by atoms with Gasteiger partial charge in [0, 0.05) is 51.4 Å². The summed E-state index contributed by atoms with van der Waals surface area (Å²) in [7, 11) is 1.86. The van der Waals surface area contributed by atoms with Gasteiger partial charge in [-0.25, -0.2) is 4.79 Å². The minimum atomic E-state index is 0.0911. The number of urea groups is 1. The maximum absolute atomic E-state index is 11.9. The van der Waals surface area contributed by atoms with Gasteiger partial charge in [-0.15, -0.1) is 0 Å². The third kappa shape index (κ3) is 3.23. The fourth-order valence-corrected chi connectivity index (χ4v) is 4.33. The van der Waals surface area contributed by atoms with Gasteiger partial charge in [0.05, 0.1) is 0 Å². The average Bonchev–Trinajstić information content (AvgIpc) is 3.05. The largest absolute Gasteiger partial charge is 0.336 e. The quantitative estimate of drug-likeness (QED) is 0.907. The lowest BCUT2D eigenvalue weighted by Gasteiger charge is -2.37. The summed E-state index contributed by atoms with van der Waals surface area (Å²) in [6.07, 6.45) is 3.67. The molecule has 0 aliphatic carbocycles.